The van der Waals surface area contributed by atoms with E-state index in [2.05, 4.69) is 34.6 Å². The van der Waals surface area contributed by atoms with Crippen LogP contribution < -0.4 is 0 Å². The topological polar surface area (TPSA) is 60.2 Å². The molecule has 0 saturated heterocycles. The van der Waals surface area contributed by atoms with Crippen LogP contribution in [0.15, 0.2) is 0 Å². The van der Waals surface area contributed by atoms with E-state index in [-0.39, 0.29) is 16.1 Å². The Morgan fingerprint density at radius 1 is 1.00 bits per heavy atom. The first-order chi connectivity index (χ1) is 14.6. The van der Waals surface area contributed by atoms with Crippen molar-refractivity contribution in [2.45, 2.75) is 111 Å². The molecule has 0 aromatic carbocycles. The largest absolute Gasteiger partial charge is 0.292 e. The fraction of sp³-hybridized carbons (Fsp3) is 0.963. The monoisotopic (exact) mass is 431 g/mol. The molecule has 7 unspecified atom stereocenters. The van der Waals surface area contributed by atoms with Crippen molar-refractivity contribution in [3.05, 3.63) is 10.1 Å². The van der Waals surface area contributed by atoms with Gasteiger partial charge in [-0.15, -0.1) is 0 Å². The first-order valence-electron chi connectivity index (χ1n) is 13.2. The van der Waals surface area contributed by atoms with Crippen LogP contribution in [0.5, 0.6) is 0 Å². The minimum atomic E-state index is -0.953. The van der Waals surface area contributed by atoms with Crippen molar-refractivity contribution < 1.29 is 9.72 Å². The number of fused-ring (bicyclic) bond motifs is 5. The molecule has 4 fully saturated rings. The predicted molar refractivity (Wildman–Crippen MR) is 124 cm³/mol. The average Bonchev–Trinajstić information content (AvgIpc) is 3.05. The lowest BCUT2D eigenvalue weighted by Gasteiger charge is -2.60. The molecular formula is C27H45NO3. The Kier molecular flexibility index (Phi) is 6.33. The molecular weight excluding hydrogens is 386 g/mol. The first-order valence-corrected chi connectivity index (χ1v) is 13.2. The molecule has 31 heavy (non-hydrogen) atoms. The number of nitrogens with zero attached hydrogens (tertiary/aromatic N) is 1. The Morgan fingerprint density at radius 2 is 1.71 bits per heavy atom. The van der Waals surface area contributed by atoms with Crippen LogP contribution >= 0.6 is 0 Å². The van der Waals surface area contributed by atoms with Gasteiger partial charge in [0.2, 0.25) is 5.78 Å². The number of nitro groups is 1. The van der Waals surface area contributed by atoms with Gasteiger partial charge in [0.15, 0.2) is 0 Å². The van der Waals surface area contributed by atoms with Gasteiger partial charge in [-0.25, -0.2) is 0 Å². The Balaban J connectivity index is 1.50. The summed E-state index contributed by atoms with van der Waals surface area (Å²) in [5.41, 5.74) is 0.436. The minimum Gasteiger partial charge on any atom is -0.292 e. The zero-order valence-corrected chi connectivity index (χ0v) is 20.6. The summed E-state index contributed by atoms with van der Waals surface area (Å²) in [7, 11) is 0. The molecule has 4 aliphatic carbocycles. The fourth-order valence-corrected chi connectivity index (χ4v) is 9.31. The highest BCUT2D eigenvalue weighted by Crippen LogP contribution is 2.68. The van der Waals surface area contributed by atoms with Crippen LogP contribution in [0.3, 0.4) is 0 Å². The third-order valence-electron chi connectivity index (χ3n) is 11.0. The van der Waals surface area contributed by atoms with Crippen LogP contribution in [-0.4, -0.2) is 16.7 Å². The maximum absolute atomic E-state index is 12.4. The number of carbonyl (C=O) groups is 1. The lowest BCUT2D eigenvalue weighted by atomic mass is 9.44. The van der Waals surface area contributed by atoms with Gasteiger partial charge in [0.05, 0.1) is 0 Å². The van der Waals surface area contributed by atoms with Crippen molar-refractivity contribution in [2.75, 3.05) is 0 Å². The Morgan fingerprint density at radius 3 is 2.39 bits per heavy atom. The molecule has 4 nitrogen and oxygen atoms in total. The molecule has 0 heterocycles. The SMILES string of the molecule is CC(C)CCC[C@@H](C)C1CCC2C3CC[C@H]4CC(=O)C([N+](=O)[O-])CC4(C)C3CCC21C. The second-order valence-electron chi connectivity index (χ2n) is 12.9. The van der Waals surface area contributed by atoms with E-state index in [4.69, 9.17) is 0 Å². The lowest BCUT2D eigenvalue weighted by molar-refractivity contribution is -0.514. The fourth-order valence-electron chi connectivity index (χ4n) is 9.31. The average molecular weight is 432 g/mol. The van der Waals surface area contributed by atoms with Gasteiger partial charge in [0.1, 0.15) is 0 Å². The van der Waals surface area contributed by atoms with Crippen LogP contribution in [-0.2, 0) is 4.79 Å². The van der Waals surface area contributed by atoms with E-state index in [1.165, 1.54) is 51.4 Å². The zero-order valence-electron chi connectivity index (χ0n) is 20.6. The quantitative estimate of drug-likeness (QED) is 0.338. The molecule has 0 spiro atoms. The molecule has 4 aliphatic rings. The maximum Gasteiger partial charge on any atom is 0.270 e. The highest BCUT2D eigenvalue weighted by Gasteiger charge is 2.62. The van der Waals surface area contributed by atoms with Gasteiger partial charge in [0.25, 0.3) is 6.04 Å². The second kappa shape index (κ2) is 8.45. The number of hydrogen-bond acceptors (Lipinski definition) is 3. The summed E-state index contributed by atoms with van der Waals surface area (Å²) in [5, 5.41) is 11.6. The number of Topliss-reactive ketones (excluding diaryl/α,β-unsaturated/α-hetero) is 1. The highest BCUT2D eigenvalue weighted by molar-refractivity contribution is 5.84. The molecule has 0 aliphatic heterocycles. The summed E-state index contributed by atoms with van der Waals surface area (Å²) in [6, 6.07) is -0.953. The van der Waals surface area contributed by atoms with Gasteiger partial charge < -0.3 is 0 Å². The molecule has 4 heteroatoms. The van der Waals surface area contributed by atoms with Crippen molar-refractivity contribution in [3.63, 3.8) is 0 Å². The molecule has 0 aromatic rings. The van der Waals surface area contributed by atoms with E-state index >= 15 is 0 Å². The number of rotatable bonds is 6. The minimum absolute atomic E-state index is 0.0170. The number of carbonyl (C=O) groups excluding carboxylic acids is 1. The van der Waals surface area contributed by atoms with E-state index in [0.29, 0.717) is 36.0 Å². The summed E-state index contributed by atoms with van der Waals surface area (Å²) in [6.07, 6.45) is 12.6. The highest BCUT2D eigenvalue weighted by atomic mass is 16.6. The van der Waals surface area contributed by atoms with Crippen molar-refractivity contribution in [3.8, 4) is 0 Å². The third-order valence-corrected chi connectivity index (χ3v) is 11.0. The molecule has 0 N–H and O–H groups in total. The van der Waals surface area contributed by atoms with Gasteiger partial charge in [-0.05, 0) is 90.8 Å². The maximum atomic E-state index is 12.4. The third kappa shape index (κ3) is 3.88. The van der Waals surface area contributed by atoms with E-state index < -0.39 is 6.04 Å². The first kappa shape index (κ1) is 23.2. The van der Waals surface area contributed by atoms with Gasteiger partial charge in [0, 0.05) is 17.8 Å². The predicted octanol–water partition coefficient (Wildman–Crippen LogP) is 6.93. The lowest BCUT2D eigenvalue weighted by Crippen LogP contribution is -2.57. The van der Waals surface area contributed by atoms with E-state index in [1.807, 2.05) is 0 Å². The Bertz CT molecular complexity index is 705. The molecule has 4 rings (SSSR count). The van der Waals surface area contributed by atoms with Crippen LogP contribution in [0.2, 0.25) is 0 Å². The standard InChI is InChI=1S/C27H45NO3/c1-17(2)7-6-8-18(3)21-11-12-22-20-10-9-19-15-25(29)24(28(30)31)16-27(19,5)23(20)13-14-26(21,22)4/h17-24H,6-16H2,1-5H3/t18-,19+,20?,21?,22?,23?,24?,26?,27?/m1/s1. The molecule has 0 bridgehead atoms. The molecule has 0 radical (unpaired) electrons. The Labute approximate surface area is 189 Å². The molecule has 176 valence electrons. The van der Waals surface area contributed by atoms with Crippen LogP contribution in [0.1, 0.15) is 105 Å². The van der Waals surface area contributed by atoms with Crippen LogP contribution in [0, 0.1) is 62.4 Å². The summed E-state index contributed by atoms with van der Waals surface area (Å²) in [4.78, 5) is 23.8. The van der Waals surface area contributed by atoms with Gasteiger partial charge >= 0.3 is 0 Å². The van der Waals surface area contributed by atoms with Gasteiger partial charge in [-0.1, -0.05) is 53.9 Å². The van der Waals surface area contributed by atoms with Crippen molar-refractivity contribution >= 4 is 5.78 Å². The van der Waals surface area contributed by atoms with Gasteiger partial charge in [-0.2, -0.15) is 0 Å². The van der Waals surface area contributed by atoms with E-state index in [0.717, 1.165) is 30.1 Å². The Hall–Kier alpha value is -0.930. The van der Waals surface area contributed by atoms with E-state index in [9.17, 15) is 14.9 Å². The zero-order chi connectivity index (χ0) is 22.6. The van der Waals surface area contributed by atoms with Crippen molar-refractivity contribution in [2.24, 2.45) is 52.3 Å². The molecule has 0 amide bonds. The van der Waals surface area contributed by atoms with Crippen LogP contribution in [0.4, 0.5) is 0 Å². The van der Waals surface area contributed by atoms with Crippen molar-refractivity contribution in [1.82, 2.24) is 0 Å². The molecule has 0 aromatic heterocycles. The normalized spacial score (nSPS) is 45.7. The van der Waals surface area contributed by atoms with Crippen molar-refractivity contribution in [1.29, 1.82) is 0 Å². The smallest absolute Gasteiger partial charge is 0.270 e. The van der Waals surface area contributed by atoms with Gasteiger partial charge in [-0.3, -0.25) is 14.9 Å². The summed E-state index contributed by atoms with van der Waals surface area (Å²) in [5.74, 6) is 4.79. The summed E-state index contributed by atoms with van der Waals surface area (Å²) >= 11 is 0. The summed E-state index contributed by atoms with van der Waals surface area (Å²) in [6.45, 7) is 12.1. The molecule has 9 atom stereocenters. The summed E-state index contributed by atoms with van der Waals surface area (Å²) < 4.78 is 0. The second-order valence-corrected chi connectivity index (χ2v) is 12.9. The van der Waals surface area contributed by atoms with E-state index in [1.54, 1.807) is 0 Å². The number of hydrogen-bond donors (Lipinski definition) is 0. The van der Waals surface area contributed by atoms with Crippen LogP contribution in [0.25, 0.3) is 0 Å². The molecule has 4 saturated carbocycles. The number of ketones is 1.